The summed E-state index contributed by atoms with van der Waals surface area (Å²) < 4.78 is 30.6. The standard InChI is InChI=1S/C11H14N4O3S/c1-12-19(16,17)10-5-3-2-4-9(10)13-7-6-11-14-8-18-15-11/h2-5,8,12-13H,6-7H2,1H3. The second-order valence-corrected chi connectivity index (χ2v) is 5.58. The van der Waals surface area contributed by atoms with Gasteiger partial charge in [-0.3, -0.25) is 0 Å². The zero-order valence-corrected chi connectivity index (χ0v) is 11.1. The Hall–Kier alpha value is -1.93. The van der Waals surface area contributed by atoms with E-state index in [0.717, 1.165) is 0 Å². The first kappa shape index (κ1) is 13.5. The molecule has 102 valence electrons. The number of nitrogens with zero attached hydrogens (tertiary/aromatic N) is 2. The Bertz CT molecular complexity index is 625. The largest absolute Gasteiger partial charge is 0.383 e. The number of hydrogen-bond donors (Lipinski definition) is 2. The van der Waals surface area contributed by atoms with Crippen LogP contribution < -0.4 is 10.0 Å². The van der Waals surface area contributed by atoms with Crippen molar-refractivity contribution >= 4 is 15.7 Å². The molecule has 0 aliphatic rings. The minimum Gasteiger partial charge on any atom is -0.383 e. The second-order valence-electron chi connectivity index (χ2n) is 3.73. The highest BCUT2D eigenvalue weighted by Crippen LogP contribution is 2.20. The number of benzene rings is 1. The number of anilines is 1. The van der Waals surface area contributed by atoms with Crippen molar-refractivity contribution in [2.24, 2.45) is 0 Å². The molecule has 0 unspecified atom stereocenters. The molecule has 0 aliphatic heterocycles. The summed E-state index contributed by atoms with van der Waals surface area (Å²) in [7, 11) is -2.09. The molecule has 0 spiro atoms. The molecule has 0 radical (unpaired) electrons. The summed E-state index contributed by atoms with van der Waals surface area (Å²) in [6, 6.07) is 6.70. The van der Waals surface area contributed by atoms with Crippen LogP contribution in [0.2, 0.25) is 0 Å². The lowest BCUT2D eigenvalue weighted by atomic mass is 10.3. The average molecular weight is 282 g/mol. The molecule has 0 amide bonds. The minimum absolute atomic E-state index is 0.214. The van der Waals surface area contributed by atoms with Gasteiger partial charge in [0, 0.05) is 13.0 Å². The molecule has 1 aromatic heterocycles. The molecule has 1 heterocycles. The fourth-order valence-corrected chi connectivity index (χ4v) is 2.48. The molecule has 0 fully saturated rings. The van der Waals surface area contributed by atoms with E-state index in [1.807, 2.05) is 0 Å². The molecule has 2 N–H and O–H groups in total. The molecule has 19 heavy (non-hydrogen) atoms. The van der Waals surface area contributed by atoms with Crippen LogP contribution in [0.4, 0.5) is 5.69 Å². The molecule has 0 saturated carbocycles. The highest BCUT2D eigenvalue weighted by Gasteiger charge is 2.15. The van der Waals surface area contributed by atoms with Crippen LogP contribution in [0.15, 0.2) is 40.1 Å². The van der Waals surface area contributed by atoms with Gasteiger partial charge in [0.1, 0.15) is 4.90 Å². The molecule has 0 bridgehead atoms. The van der Waals surface area contributed by atoms with Gasteiger partial charge in [-0.05, 0) is 19.2 Å². The Morgan fingerprint density at radius 2 is 2.11 bits per heavy atom. The maximum absolute atomic E-state index is 11.8. The van der Waals surface area contributed by atoms with Gasteiger partial charge in [0.2, 0.25) is 16.4 Å². The molecular weight excluding hydrogens is 268 g/mol. The Morgan fingerprint density at radius 3 is 2.79 bits per heavy atom. The predicted molar refractivity (Wildman–Crippen MR) is 69.2 cm³/mol. The quantitative estimate of drug-likeness (QED) is 0.806. The summed E-state index contributed by atoms with van der Waals surface area (Å²) in [5, 5.41) is 6.73. The lowest BCUT2D eigenvalue weighted by molar-refractivity contribution is 0.410. The molecule has 2 aromatic rings. The lowest BCUT2D eigenvalue weighted by Gasteiger charge is -2.11. The van der Waals surface area contributed by atoms with Gasteiger partial charge in [-0.25, -0.2) is 13.1 Å². The van der Waals surface area contributed by atoms with Crippen LogP contribution in [0.3, 0.4) is 0 Å². The van der Waals surface area contributed by atoms with Crippen LogP contribution in [0, 0.1) is 0 Å². The third-order valence-electron chi connectivity index (χ3n) is 2.52. The van der Waals surface area contributed by atoms with E-state index in [2.05, 4.69) is 24.7 Å². The van der Waals surface area contributed by atoms with E-state index in [9.17, 15) is 8.42 Å². The normalized spacial score (nSPS) is 11.4. The zero-order valence-electron chi connectivity index (χ0n) is 10.3. The molecule has 0 atom stereocenters. The SMILES string of the molecule is CNS(=O)(=O)c1ccccc1NCCc1ncon1. The molecule has 7 nitrogen and oxygen atoms in total. The van der Waals surface area contributed by atoms with E-state index in [4.69, 9.17) is 0 Å². The third kappa shape index (κ3) is 3.30. The number of sulfonamides is 1. The van der Waals surface area contributed by atoms with Crippen LogP contribution in [-0.2, 0) is 16.4 Å². The van der Waals surface area contributed by atoms with Gasteiger partial charge in [-0.15, -0.1) is 0 Å². The topological polar surface area (TPSA) is 97.1 Å². The van der Waals surface area contributed by atoms with Crippen LogP contribution in [0.5, 0.6) is 0 Å². The maximum Gasteiger partial charge on any atom is 0.242 e. The first-order valence-electron chi connectivity index (χ1n) is 5.65. The summed E-state index contributed by atoms with van der Waals surface area (Å²) >= 11 is 0. The fourth-order valence-electron chi connectivity index (χ4n) is 1.57. The third-order valence-corrected chi connectivity index (χ3v) is 3.99. The number of nitrogens with one attached hydrogen (secondary N) is 2. The molecule has 0 saturated heterocycles. The van der Waals surface area contributed by atoms with Gasteiger partial charge in [-0.1, -0.05) is 17.3 Å². The lowest BCUT2D eigenvalue weighted by Crippen LogP contribution is -2.20. The van der Waals surface area contributed by atoms with Crippen molar-refractivity contribution in [3.05, 3.63) is 36.5 Å². The number of para-hydroxylation sites is 1. The predicted octanol–water partition coefficient (Wildman–Crippen LogP) is 0.632. The van der Waals surface area contributed by atoms with Gasteiger partial charge in [0.15, 0.2) is 5.82 Å². The zero-order chi connectivity index (χ0) is 13.7. The number of hydrogen-bond acceptors (Lipinski definition) is 6. The van der Waals surface area contributed by atoms with Gasteiger partial charge in [-0.2, -0.15) is 4.98 Å². The van der Waals surface area contributed by atoms with Crippen molar-refractivity contribution in [1.82, 2.24) is 14.9 Å². The molecule has 1 aromatic carbocycles. The van der Waals surface area contributed by atoms with Crippen molar-refractivity contribution in [3.8, 4) is 0 Å². The van der Waals surface area contributed by atoms with Gasteiger partial charge in [0.25, 0.3) is 0 Å². The van der Waals surface area contributed by atoms with E-state index < -0.39 is 10.0 Å². The summed E-state index contributed by atoms with van der Waals surface area (Å²) in [5.41, 5.74) is 0.542. The molecule has 2 rings (SSSR count). The molecule has 0 aliphatic carbocycles. The summed E-state index contributed by atoms with van der Waals surface area (Å²) in [4.78, 5) is 4.10. The van der Waals surface area contributed by atoms with E-state index in [-0.39, 0.29) is 4.90 Å². The van der Waals surface area contributed by atoms with Gasteiger partial charge in [0.05, 0.1) is 5.69 Å². The molecule has 8 heteroatoms. The minimum atomic E-state index is -3.48. The van der Waals surface area contributed by atoms with Crippen molar-refractivity contribution in [1.29, 1.82) is 0 Å². The van der Waals surface area contributed by atoms with Crippen LogP contribution in [-0.4, -0.2) is 32.2 Å². The van der Waals surface area contributed by atoms with E-state index in [1.165, 1.54) is 13.4 Å². The summed E-state index contributed by atoms with van der Waals surface area (Å²) in [5.74, 6) is 0.571. The Morgan fingerprint density at radius 1 is 1.32 bits per heavy atom. The van der Waals surface area contributed by atoms with Crippen molar-refractivity contribution in [3.63, 3.8) is 0 Å². The van der Waals surface area contributed by atoms with Crippen LogP contribution in [0.25, 0.3) is 0 Å². The van der Waals surface area contributed by atoms with Crippen molar-refractivity contribution < 1.29 is 12.9 Å². The van der Waals surface area contributed by atoms with E-state index >= 15 is 0 Å². The first-order chi connectivity index (χ1) is 9.13. The smallest absolute Gasteiger partial charge is 0.242 e. The highest BCUT2D eigenvalue weighted by molar-refractivity contribution is 7.89. The van der Waals surface area contributed by atoms with Crippen molar-refractivity contribution in [2.75, 3.05) is 18.9 Å². The van der Waals surface area contributed by atoms with Crippen molar-refractivity contribution in [2.45, 2.75) is 11.3 Å². The van der Waals surface area contributed by atoms with Crippen LogP contribution in [0.1, 0.15) is 5.82 Å². The highest BCUT2D eigenvalue weighted by atomic mass is 32.2. The maximum atomic E-state index is 11.8. The van der Waals surface area contributed by atoms with Gasteiger partial charge < -0.3 is 9.84 Å². The fraction of sp³-hybridized carbons (Fsp3) is 0.273. The Kier molecular flexibility index (Phi) is 4.13. The Labute approximate surface area is 111 Å². The van der Waals surface area contributed by atoms with E-state index in [0.29, 0.717) is 24.5 Å². The average Bonchev–Trinajstić information content (AvgIpc) is 2.92. The number of rotatable bonds is 6. The first-order valence-corrected chi connectivity index (χ1v) is 7.13. The second kappa shape index (κ2) is 5.81. The molecular formula is C11H14N4O3S. The van der Waals surface area contributed by atoms with Gasteiger partial charge >= 0.3 is 0 Å². The van der Waals surface area contributed by atoms with Crippen LogP contribution >= 0.6 is 0 Å². The summed E-state index contributed by atoms with van der Waals surface area (Å²) in [6.45, 7) is 0.510. The Balaban J connectivity index is 2.08. The monoisotopic (exact) mass is 282 g/mol. The summed E-state index contributed by atoms with van der Waals surface area (Å²) in [6.07, 6.45) is 1.80. The van der Waals surface area contributed by atoms with E-state index in [1.54, 1.807) is 24.3 Å². The number of aromatic nitrogens is 2.